The fourth-order valence-corrected chi connectivity index (χ4v) is 4.83. The molecule has 5 rings (SSSR count). The molecular weight excluding hydrogens is 474 g/mol. The van der Waals surface area contributed by atoms with Gasteiger partial charge in [-0.2, -0.15) is 4.68 Å². The molecule has 8 nitrogen and oxygen atoms in total. The van der Waals surface area contributed by atoms with Crippen molar-refractivity contribution in [3.63, 3.8) is 0 Å². The lowest BCUT2D eigenvalue weighted by Crippen LogP contribution is -2.27. The zero-order chi connectivity index (χ0) is 24.7. The van der Waals surface area contributed by atoms with E-state index in [9.17, 15) is 4.79 Å². The molecule has 1 aliphatic heterocycles. The second kappa shape index (κ2) is 11.3. The molecule has 1 aliphatic rings. The fourth-order valence-electron chi connectivity index (χ4n) is 4.65. The van der Waals surface area contributed by atoms with E-state index < -0.39 is 0 Å². The van der Waals surface area contributed by atoms with Gasteiger partial charge in [-0.3, -0.25) is 4.79 Å². The van der Waals surface area contributed by atoms with Gasteiger partial charge in [0.25, 0.3) is 0 Å². The normalized spacial score (nSPS) is 16.5. The number of halogens is 1. The van der Waals surface area contributed by atoms with Crippen LogP contribution in [-0.4, -0.2) is 36.1 Å². The summed E-state index contributed by atoms with van der Waals surface area (Å²) in [6, 6.07) is 13.6. The Balaban J connectivity index is 1.37. The smallest absolute Gasteiger partial charge is 0.244 e. The number of tetrazole rings is 1. The van der Waals surface area contributed by atoms with Crippen LogP contribution in [0.15, 0.2) is 61.1 Å². The van der Waals surface area contributed by atoms with Crippen molar-refractivity contribution in [3.05, 3.63) is 83.0 Å². The number of hydrogen-bond donors (Lipinski definition) is 2. The van der Waals surface area contributed by atoms with Gasteiger partial charge >= 0.3 is 0 Å². The van der Waals surface area contributed by atoms with Gasteiger partial charge in [-0.1, -0.05) is 61.5 Å². The van der Waals surface area contributed by atoms with Crippen LogP contribution >= 0.6 is 11.6 Å². The molecule has 0 radical (unpaired) electrons. The van der Waals surface area contributed by atoms with Crippen molar-refractivity contribution < 1.29 is 4.79 Å². The van der Waals surface area contributed by atoms with Crippen molar-refractivity contribution in [2.45, 2.75) is 51.0 Å². The summed E-state index contributed by atoms with van der Waals surface area (Å²) in [5, 5.41) is 15.0. The van der Waals surface area contributed by atoms with Gasteiger partial charge in [-0.15, -0.1) is 5.10 Å². The van der Waals surface area contributed by atoms with Gasteiger partial charge in [0.1, 0.15) is 12.2 Å². The minimum atomic E-state index is -0.206. The number of amides is 1. The average molecular weight is 502 g/mol. The van der Waals surface area contributed by atoms with Gasteiger partial charge in [-0.05, 0) is 59.5 Å². The SMILES string of the molecule is O=C(/C=C/c1cc(Cl)ccc1-n1cnnn1)N[C@H]1CCCCCCCc2ccccc2-c2cnc1[nH]2. The molecular formula is C27H28ClN7O. The van der Waals surface area contributed by atoms with Crippen molar-refractivity contribution in [1.29, 1.82) is 0 Å². The van der Waals surface area contributed by atoms with Gasteiger partial charge in [0.05, 0.1) is 23.6 Å². The summed E-state index contributed by atoms with van der Waals surface area (Å²) in [6.45, 7) is 0. The Bertz CT molecular complexity index is 1350. The van der Waals surface area contributed by atoms with E-state index in [1.807, 2.05) is 12.3 Å². The highest BCUT2D eigenvalue weighted by atomic mass is 35.5. The largest absolute Gasteiger partial charge is 0.343 e. The Morgan fingerprint density at radius 1 is 1.11 bits per heavy atom. The number of aryl methyl sites for hydroxylation is 1. The molecule has 2 bridgehead atoms. The molecule has 2 aromatic carbocycles. The summed E-state index contributed by atoms with van der Waals surface area (Å²) >= 11 is 6.20. The van der Waals surface area contributed by atoms with Gasteiger partial charge in [0.15, 0.2) is 0 Å². The summed E-state index contributed by atoms with van der Waals surface area (Å²) in [7, 11) is 0. The molecule has 36 heavy (non-hydrogen) atoms. The quantitative estimate of drug-likeness (QED) is 0.361. The highest BCUT2D eigenvalue weighted by Gasteiger charge is 2.18. The lowest BCUT2D eigenvalue weighted by Gasteiger charge is -2.16. The van der Waals surface area contributed by atoms with Crippen molar-refractivity contribution in [1.82, 2.24) is 35.5 Å². The summed E-state index contributed by atoms with van der Waals surface area (Å²) in [5.74, 6) is 0.572. The first-order valence-electron chi connectivity index (χ1n) is 12.3. The maximum atomic E-state index is 13.0. The molecule has 184 valence electrons. The second-order valence-corrected chi connectivity index (χ2v) is 9.43. The van der Waals surface area contributed by atoms with E-state index in [2.05, 4.69) is 55.1 Å². The number of aromatic amines is 1. The van der Waals surface area contributed by atoms with Crippen LogP contribution < -0.4 is 5.32 Å². The van der Waals surface area contributed by atoms with Crippen LogP contribution in [0.25, 0.3) is 23.0 Å². The number of fused-ring (bicyclic) bond motifs is 4. The van der Waals surface area contributed by atoms with E-state index in [0.29, 0.717) is 5.02 Å². The molecule has 2 N–H and O–H groups in total. The third-order valence-electron chi connectivity index (χ3n) is 6.49. The minimum absolute atomic E-state index is 0.203. The van der Waals surface area contributed by atoms with Crippen LogP contribution in [0.1, 0.15) is 61.5 Å². The third kappa shape index (κ3) is 5.71. The Morgan fingerprint density at radius 2 is 1.97 bits per heavy atom. The number of imidazole rings is 1. The van der Waals surface area contributed by atoms with E-state index in [1.54, 1.807) is 18.2 Å². The maximum Gasteiger partial charge on any atom is 0.244 e. The molecule has 2 aromatic heterocycles. The number of carbonyl (C=O) groups excluding carboxylic acids is 1. The van der Waals surface area contributed by atoms with Crippen LogP contribution in [0.4, 0.5) is 0 Å². The molecule has 0 saturated heterocycles. The summed E-state index contributed by atoms with van der Waals surface area (Å²) in [6.07, 6.45) is 14.2. The zero-order valence-corrected chi connectivity index (χ0v) is 20.7. The molecule has 4 aromatic rings. The van der Waals surface area contributed by atoms with Crippen molar-refractivity contribution in [3.8, 4) is 16.9 Å². The lowest BCUT2D eigenvalue weighted by molar-refractivity contribution is -0.117. The Hall–Kier alpha value is -3.78. The predicted octanol–water partition coefficient (Wildman–Crippen LogP) is 5.47. The van der Waals surface area contributed by atoms with Gasteiger partial charge in [-0.25, -0.2) is 4.98 Å². The number of carbonyl (C=O) groups is 1. The number of rotatable bonds is 4. The molecule has 0 aliphatic carbocycles. The molecule has 1 atom stereocenters. The first kappa shape index (κ1) is 23.9. The number of H-pyrrole nitrogens is 1. The monoisotopic (exact) mass is 501 g/mol. The number of aromatic nitrogens is 6. The average Bonchev–Trinajstić information content (AvgIpc) is 3.59. The Morgan fingerprint density at radius 3 is 2.86 bits per heavy atom. The van der Waals surface area contributed by atoms with Crippen LogP contribution in [0, 0.1) is 0 Å². The van der Waals surface area contributed by atoms with Crippen molar-refractivity contribution in [2.75, 3.05) is 0 Å². The van der Waals surface area contributed by atoms with E-state index in [-0.39, 0.29) is 11.9 Å². The molecule has 1 amide bonds. The van der Waals surface area contributed by atoms with Gasteiger partial charge < -0.3 is 10.3 Å². The molecule has 0 fully saturated rings. The molecule has 3 heterocycles. The van der Waals surface area contributed by atoms with E-state index in [1.165, 1.54) is 47.5 Å². The van der Waals surface area contributed by atoms with E-state index in [4.69, 9.17) is 11.6 Å². The van der Waals surface area contributed by atoms with E-state index >= 15 is 0 Å². The summed E-state index contributed by atoms with van der Waals surface area (Å²) in [5.41, 5.74) is 4.95. The first-order valence-corrected chi connectivity index (χ1v) is 12.7. The maximum absolute atomic E-state index is 13.0. The predicted molar refractivity (Wildman–Crippen MR) is 140 cm³/mol. The molecule has 0 saturated carbocycles. The minimum Gasteiger partial charge on any atom is -0.343 e. The fraction of sp³-hybridized carbons (Fsp3) is 0.296. The first-order chi connectivity index (χ1) is 17.7. The number of nitrogens with zero attached hydrogens (tertiary/aromatic N) is 5. The summed E-state index contributed by atoms with van der Waals surface area (Å²) < 4.78 is 1.53. The van der Waals surface area contributed by atoms with Crippen LogP contribution in [-0.2, 0) is 11.2 Å². The summed E-state index contributed by atoms with van der Waals surface area (Å²) in [4.78, 5) is 21.1. The number of nitrogens with one attached hydrogen (secondary N) is 2. The molecule has 0 unspecified atom stereocenters. The molecule has 0 spiro atoms. The Labute approximate surface area is 214 Å². The van der Waals surface area contributed by atoms with Crippen LogP contribution in [0.2, 0.25) is 5.02 Å². The van der Waals surface area contributed by atoms with Crippen LogP contribution in [0.3, 0.4) is 0 Å². The highest BCUT2D eigenvalue weighted by molar-refractivity contribution is 6.30. The number of hydrogen-bond acceptors (Lipinski definition) is 5. The number of benzene rings is 2. The van der Waals surface area contributed by atoms with Crippen LogP contribution in [0.5, 0.6) is 0 Å². The van der Waals surface area contributed by atoms with Gasteiger partial charge in [0.2, 0.25) is 5.91 Å². The lowest BCUT2D eigenvalue weighted by atomic mass is 9.99. The third-order valence-corrected chi connectivity index (χ3v) is 6.72. The molecule has 9 heteroatoms. The van der Waals surface area contributed by atoms with Crippen molar-refractivity contribution >= 4 is 23.6 Å². The van der Waals surface area contributed by atoms with E-state index in [0.717, 1.165) is 48.5 Å². The zero-order valence-electron chi connectivity index (χ0n) is 19.9. The van der Waals surface area contributed by atoms with Crippen molar-refractivity contribution in [2.24, 2.45) is 0 Å². The standard InChI is InChI=1S/C27H28ClN7O/c28-21-13-14-25(35-18-30-33-34-35)20(16-21)12-15-26(36)31-23-11-5-3-1-2-4-8-19-9-6-7-10-22(19)24-17-29-27(23)32-24/h6-7,9-10,12-18,23H,1-5,8,11H2,(H,29,32)(H,31,36)/b15-12+/t23-/m0/s1. The van der Waals surface area contributed by atoms with Gasteiger partial charge in [0, 0.05) is 22.2 Å². The Kier molecular flexibility index (Phi) is 7.52. The second-order valence-electron chi connectivity index (χ2n) is 9.00. The highest BCUT2D eigenvalue weighted by Crippen LogP contribution is 2.27. The topological polar surface area (TPSA) is 101 Å².